The molecule has 1 aromatic carbocycles. The Morgan fingerprint density at radius 2 is 1.95 bits per heavy atom. The monoisotopic (exact) mass is 258 g/mol. The average Bonchev–Trinajstić information content (AvgIpc) is 2.37. The molecule has 1 saturated carbocycles. The molecule has 0 aromatic heterocycles. The molecule has 0 unspecified atom stereocenters. The highest BCUT2D eigenvalue weighted by molar-refractivity contribution is 5.94. The quantitative estimate of drug-likeness (QED) is 0.857. The molecule has 0 saturated heterocycles. The minimum Gasteiger partial charge on any atom is -0.481 e. The van der Waals surface area contributed by atoms with Crippen LogP contribution in [-0.4, -0.2) is 23.5 Å². The van der Waals surface area contributed by atoms with Gasteiger partial charge in [0.05, 0.1) is 17.0 Å². The molecule has 0 bridgehead atoms. The van der Waals surface area contributed by atoms with Crippen LogP contribution in [0.15, 0.2) is 24.3 Å². The van der Waals surface area contributed by atoms with Crippen molar-refractivity contribution in [3.63, 3.8) is 0 Å². The normalized spacial score (nSPS) is 15.9. The molecule has 98 valence electrons. The molecule has 0 atom stereocenters. The number of rotatable bonds is 4. The van der Waals surface area contributed by atoms with Gasteiger partial charge in [0.2, 0.25) is 0 Å². The minimum absolute atomic E-state index is 0.154. The van der Waals surface area contributed by atoms with E-state index in [9.17, 15) is 9.59 Å². The lowest BCUT2D eigenvalue weighted by atomic mass is 9.69. The number of amides is 1. The van der Waals surface area contributed by atoms with E-state index in [-0.39, 0.29) is 12.5 Å². The summed E-state index contributed by atoms with van der Waals surface area (Å²) < 4.78 is 0. The van der Waals surface area contributed by atoms with Gasteiger partial charge in [0.15, 0.2) is 0 Å². The van der Waals surface area contributed by atoms with Crippen molar-refractivity contribution >= 4 is 11.9 Å². The molecular formula is C14H14N2O3. The van der Waals surface area contributed by atoms with Crippen LogP contribution in [0.3, 0.4) is 0 Å². The number of nitrogens with zero attached hydrogens (tertiary/aromatic N) is 1. The topological polar surface area (TPSA) is 90.2 Å². The third-order valence-corrected chi connectivity index (χ3v) is 3.63. The molecule has 0 spiro atoms. The lowest BCUT2D eigenvalue weighted by molar-refractivity contribution is -0.153. The Morgan fingerprint density at radius 3 is 2.37 bits per heavy atom. The number of carbonyl (C=O) groups excluding carboxylic acids is 1. The lowest BCUT2D eigenvalue weighted by Gasteiger charge is -2.37. The van der Waals surface area contributed by atoms with Gasteiger partial charge in [0.1, 0.15) is 0 Å². The van der Waals surface area contributed by atoms with Crippen LogP contribution < -0.4 is 5.32 Å². The van der Waals surface area contributed by atoms with Crippen molar-refractivity contribution in [3.05, 3.63) is 35.4 Å². The van der Waals surface area contributed by atoms with E-state index in [1.54, 1.807) is 24.3 Å². The van der Waals surface area contributed by atoms with E-state index in [1.165, 1.54) is 0 Å². The number of nitriles is 1. The van der Waals surface area contributed by atoms with Crippen molar-refractivity contribution < 1.29 is 14.7 Å². The zero-order valence-electron chi connectivity index (χ0n) is 10.3. The molecule has 1 aliphatic rings. The summed E-state index contributed by atoms with van der Waals surface area (Å²) in [6, 6.07) is 8.21. The second-order valence-electron chi connectivity index (χ2n) is 4.81. The molecule has 1 aliphatic carbocycles. The summed E-state index contributed by atoms with van der Waals surface area (Å²) in [4.78, 5) is 23.0. The predicted octanol–water partition coefficient (Wildman–Crippen LogP) is 1.54. The highest BCUT2D eigenvalue weighted by Gasteiger charge is 2.44. The largest absolute Gasteiger partial charge is 0.481 e. The second kappa shape index (κ2) is 5.11. The summed E-state index contributed by atoms with van der Waals surface area (Å²) in [6.45, 7) is 0.154. The summed E-state index contributed by atoms with van der Waals surface area (Å²) >= 11 is 0. The predicted molar refractivity (Wildman–Crippen MR) is 67.4 cm³/mol. The van der Waals surface area contributed by atoms with Gasteiger partial charge >= 0.3 is 5.97 Å². The maximum absolute atomic E-state index is 11.9. The second-order valence-corrected chi connectivity index (χ2v) is 4.81. The maximum Gasteiger partial charge on any atom is 0.311 e. The van der Waals surface area contributed by atoms with Crippen molar-refractivity contribution in [3.8, 4) is 6.07 Å². The van der Waals surface area contributed by atoms with Gasteiger partial charge in [0, 0.05) is 12.1 Å². The first kappa shape index (κ1) is 13.1. The number of carbonyl (C=O) groups is 2. The van der Waals surface area contributed by atoms with Gasteiger partial charge in [0.25, 0.3) is 5.91 Å². The van der Waals surface area contributed by atoms with Gasteiger partial charge in [-0.25, -0.2) is 0 Å². The third-order valence-electron chi connectivity index (χ3n) is 3.63. The molecule has 0 radical (unpaired) electrons. The third kappa shape index (κ3) is 2.58. The molecule has 1 aromatic rings. The molecule has 1 amide bonds. The molecule has 1 fully saturated rings. The summed E-state index contributed by atoms with van der Waals surface area (Å²) in [5.74, 6) is -1.16. The van der Waals surface area contributed by atoms with Crippen molar-refractivity contribution in [2.24, 2.45) is 5.41 Å². The molecule has 19 heavy (non-hydrogen) atoms. The number of hydrogen-bond donors (Lipinski definition) is 2. The summed E-state index contributed by atoms with van der Waals surface area (Å²) in [7, 11) is 0. The fourth-order valence-corrected chi connectivity index (χ4v) is 2.12. The Labute approximate surface area is 110 Å². The smallest absolute Gasteiger partial charge is 0.311 e. The Hall–Kier alpha value is -2.35. The van der Waals surface area contributed by atoms with Gasteiger partial charge in [-0.15, -0.1) is 0 Å². The van der Waals surface area contributed by atoms with E-state index in [1.807, 2.05) is 6.07 Å². The number of benzene rings is 1. The SMILES string of the molecule is N#Cc1ccc(C(=O)NCC2(C(=O)O)CCC2)cc1. The van der Waals surface area contributed by atoms with Crippen LogP contribution in [0.5, 0.6) is 0 Å². The average molecular weight is 258 g/mol. The van der Waals surface area contributed by atoms with Crippen molar-refractivity contribution in [1.29, 1.82) is 5.26 Å². The van der Waals surface area contributed by atoms with Crippen LogP contribution in [-0.2, 0) is 4.79 Å². The van der Waals surface area contributed by atoms with Gasteiger partial charge in [-0.3, -0.25) is 9.59 Å². The first-order valence-corrected chi connectivity index (χ1v) is 6.09. The lowest BCUT2D eigenvalue weighted by Crippen LogP contribution is -2.47. The van der Waals surface area contributed by atoms with Crippen LogP contribution in [0.2, 0.25) is 0 Å². The van der Waals surface area contributed by atoms with E-state index >= 15 is 0 Å². The number of aliphatic carboxylic acids is 1. The number of carboxylic acids is 1. The van der Waals surface area contributed by atoms with E-state index < -0.39 is 11.4 Å². The molecule has 5 heteroatoms. The Morgan fingerprint density at radius 1 is 1.32 bits per heavy atom. The van der Waals surface area contributed by atoms with Gasteiger partial charge in [-0.1, -0.05) is 6.42 Å². The van der Waals surface area contributed by atoms with Crippen molar-refractivity contribution in [1.82, 2.24) is 5.32 Å². The van der Waals surface area contributed by atoms with Gasteiger partial charge in [-0.05, 0) is 37.1 Å². The van der Waals surface area contributed by atoms with E-state index in [0.717, 1.165) is 6.42 Å². The summed E-state index contributed by atoms with van der Waals surface area (Å²) in [5.41, 5.74) is 0.124. The highest BCUT2D eigenvalue weighted by Crippen LogP contribution is 2.40. The van der Waals surface area contributed by atoms with Crippen LogP contribution in [0.1, 0.15) is 35.2 Å². The molecule has 5 nitrogen and oxygen atoms in total. The minimum atomic E-state index is -0.848. The summed E-state index contributed by atoms with van der Waals surface area (Å²) in [5, 5.41) is 20.5. The fraction of sp³-hybridized carbons (Fsp3) is 0.357. The Bertz CT molecular complexity index is 539. The number of nitrogens with one attached hydrogen (secondary N) is 1. The molecular weight excluding hydrogens is 244 g/mol. The first-order chi connectivity index (χ1) is 9.07. The van der Waals surface area contributed by atoms with Gasteiger partial charge in [-0.2, -0.15) is 5.26 Å². The van der Waals surface area contributed by atoms with Crippen molar-refractivity contribution in [2.45, 2.75) is 19.3 Å². The summed E-state index contributed by atoms with van der Waals surface area (Å²) in [6.07, 6.45) is 2.10. The van der Waals surface area contributed by atoms with Crippen LogP contribution in [0.4, 0.5) is 0 Å². The standard InChI is InChI=1S/C14H14N2O3/c15-8-10-2-4-11(5-3-10)12(17)16-9-14(13(18)19)6-1-7-14/h2-5H,1,6-7,9H2,(H,16,17)(H,18,19). The number of hydrogen-bond acceptors (Lipinski definition) is 3. The Balaban J connectivity index is 1.97. The van der Waals surface area contributed by atoms with E-state index in [2.05, 4.69) is 5.32 Å². The molecule has 2 N–H and O–H groups in total. The van der Waals surface area contributed by atoms with Crippen molar-refractivity contribution in [2.75, 3.05) is 6.54 Å². The Kier molecular flexibility index (Phi) is 3.52. The zero-order valence-corrected chi connectivity index (χ0v) is 10.3. The van der Waals surface area contributed by atoms with Crippen LogP contribution in [0, 0.1) is 16.7 Å². The molecule has 0 aliphatic heterocycles. The van der Waals surface area contributed by atoms with Gasteiger partial charge < -0.3 is 10.4 Å². The van der Waals surface area contributed by atoms with Crippen LogP contribution >= 0.6 is 0 Å². The van der Waals surface area contributed by atoms with E-state index in [4.69, 9.17) is 10.4 Å². The van der Waals surface area contributed by atoms with Crippen LogP contribution in [0.25, 0.3) is 0 Å². The molecule has 0 heterocycles. The zero-order chi connectivity index (χ0) is 13.9. The number of carboxylic acid groups (broad SMARTS) is 1. The maximum atomic E-state index is 11.9. The van der Waals surface area contributed by atoms with E-state index in [0.29, 0.717) is 24.0 Å². The first-order valence-electron chi connectivity index (χ1n) is 6.09. The fourth-order valence-electron chi connectivity index (χ4n) is 2.12. The highest BCUT2D eigenvalue weighted by atomic mass is 16.4. The molecule has 2 rings (SSSR count).